The number of allylic oxidation sites excluding steroid dienone is 2. The van der Waals surface area contributed by atoms with Crippen LogP contribution in [0.5, 0.6) is 0 Å². The highest BCUT2D eigenvalue weighted by molar-refractivity contribution is 5.62. The van der Waals surface area contributed by atoms with Gasteiger partial charge in [0.1, 0.15) is 0 Å². The monoisotopic (exact) mass is 286 g/mol. The zero-order valence-corrected chi connectivity index (χ0v) is 13.6. The molecule has 3 heteroatoms. The van der Waals surface area contributed by atoms with Crippen molar-refractivity contribution in [2.45, 2.75) is 78.6 Å². The van der Waals surface area contributed by atoms with Crippen molar-refractivity contribution in [2.24, 2.45) is 5.92 Å². The molecule has 0 aliphatic carbocycles. The topological polar surface area (TPSA) is 57.5 Å². The van der Waals surface area contributed by atoms with Gasteiger partial charge in [0.05, 0.1) is 0 Å². The molecule has 3 nitrogen and oxygen atoms in total. The molecule has 1 atom stereocenters. The molecule has 1 unspecified atom stereocenters. The number of rotatable bonds is 11. The molecule has 0 aliphatic rings. The van der Waals surface area contributed by atoms with Crippen LogP contribution in [0, 0.1) is 5.92 Å². The Hall–Kier alpha value is -0.830. The number of aliphatic hydroxyl groups is 1. The molecule has 0 amide bonds. The van der Waals surface area contributed by atoms with Crippen LogP contribution < -0.4 is 0 Å². The molecule has 120 valence electrons. The summed E-state index contributed by atoms with van der Waals surface area (Å²) < 4.78 is 0. The molecule has 0 heterocycles. The van der Waals surface area contributed by atoms with Crippen LogP contribution in [0.1, 0.15) is 78.6 Å². The lowest BCUT2D eigenvalue weighted by Crippen LogP contribution is -1.89. The molecule has 0 radical (unpaired) electrons. The fourth-order valence-electron chi connectivity index (χ4n) is 2.06. The Morgan fingerprint density at radius 1 is 1.00 bits per heavy atom. The van der Waals surface area contributed by atoms with Crippen LogP contribution in [-0.4, -0.2) is 22.8 Å². The molecule has 0 aromatic carbocycles. The van der Waals surface area contributed by atoms with Gasteiger partial charge in [-0.15, -0.1) is 0 Å². The molecule has 0 fully saturated rings. The van der Waals surface area contributed by atoms with E-state index in [0.717, 1.165) is 19.3 Å². The van der Waals surface area contributed by atoms with E-state index in [1.807, 2.05) is 0 Å². The summed E-state index contributed by atoms with van der Waals surface area (Å²) in [6.45, 7) is 5.85. The first-order chi connectivity index (χ1) is 9.54. The van der Waals surface area contributed by atoms with Gasteiger partial charge in [-0.1, -0.05) is 64.0 Å². The Kier molecular flexibility index (Phi) is 19.5. The van der Waals surface area contributed by atoms with Crippen molar-refractivity contribution < 1.29 is 15.0 Å². The average molecular weight is 286 g/mol. The molecule has 0 saturated carbocycles. The number of hydrogen-bond acceptors (Lipinski definition) is 2. The maximum Gasteiger partial charge on any atom is 0.300 e. The molecule has 0 spiro atoms. The maximum absolute atomic E-state index is 9.00. The van der Waals surface area contributed by atoms with Crippen LogP contribution in [0.15, 0.2) is 12.2 Å². The molecule has 0 aromatic rings. The summed E-state index contributed by atoms with van der Waals surface area (Å²) in [7, 11) is 0. The Bertz CT molecular complexity index is 220. The van der Waals surface area contributed by atoms with Gasteiger partial charge in [-0.25, -0.2) is 0 Å². The highest BCUT2D eigenvalue weighted by atomic mass is 16.4. The number of carboxylic acid groups (broad SMARTS) is 1. The summed E-state index contributed by atoms with van der Waals surface area (Å²) in [6.07, 6.45) is 16.2. The minimum absolute atomic E-state index is 0.364. The van der Waals surface area contributed by atoms with Gasteiger partial charge in [0.25, 0.3) is 5.97 Å². The first-order valence-electron chi connectivity index (χ1n) is 7.97. The Morgan fingerprint density at radius 2 is 1.40 bits per heavy atom. The van der Waals surface area contributed by atoms with E-state index in [1.165, 1.54) is 51.4 Å². The van der Waals surface area contributed by atoms with Crippen LogP contribution in [-0.2, 0) is 4.79 Å². The second-order valence-electron chi connectivity index (χ2n) is 5.36. The third-order valence-electron chi connectivity index (χ3n) is 3.09. The van der Waals surface area contributed by atoms with Crippen molar-refractivity contribution in [3.05, 3.63) is 12.2 Å². The van der Waals surface area contributed by atoms with E-state index in [0.29, 0.717) is 6.61 Å². The first kappa shape index (κ1) is 21.5. The Labute approximate surface area is 125 Å². The van der Waals surface area contributed by atoms with Crippen molar-refractivity contribution >= 4 is 5.97 Å². The number of carboxylic acids is 1. The summed E-state index contributed by atoms with van der Waals surface area (Å²) in [5.41, 5.74) is 0. The lowest BCUT2D eigenvalue weighted by Gasteiger charge is -2.05. The maximum atomic E-state index is 9.00. The molecule has 0 aliphatic heterocycles. The summed E-state index contributed by atoms with van der Waals surface area (Å²) >= 11 is 0. The van der Waals surface area contributed by atoms with Gasteiger partial charge < -0.3 is 10.2 Å². The summed E-state index contributed by atoms with van der Waals surface area (Å²) in [5.74, 6) is -0.0745. The van der Waals surface area contributed by atoms with E-state index in [4.69, 9.17) is 15.0 Å². The van der Waals surface area contributed by atoms with Crippen molar-refractivity contribution in [3.8, 4) is 0 Å². The molecule has 0 rings (SSSR count). The van der Waals surface area contributed by atoms with E-state index in [1.54, 1.807) is 0 Å². The third-order valence-corrected chi connectivity index (χ3v) is 3.09. The summed E-state index contributed by atoms with van der Waals surface area (Å²) in [4.78, 5) is 9.00. The largest absolute Gasteiger partial charge is 0.481 e. The third kappa shape index (κ3) is 25.9. The molecule has 0 saturated heterocycles. The lowest BCUT2D eigenvalue weighted by atomic mass is 10.0. The standard InChI is InChI=1S/C15H30O.C2H4O2/c1-3-12-15(2)13-10-8-6-4-5-7-9-11-14-16;1-2(3)4/h3,12,15-16H,4-11,13-14H2,1-2H3;1H3,(H,3,4). The van der Waals surface area contributed by atoms with Gasteiger partial charge in [0, 0.05) is 13.5 Å². The fourth-order valence-corrected chi connectivity index (χ4v) is 2.06. The zero-order valence-electron chi connectivity index (χ0n) is 13.6. The average Bonchev–Trinajstić information content (AvgIpc) is 2.36. The Morgan fingerprint density at radius 3 is 1.80 bits per heavy atom. The van der Waals surface area contributed by atoms with Crippen molar-refractivity contribution in [2.75, 3.05) is 6.61 Å². The molecule has 0 bridgehead atoms. The smallest absolute Gasteiger partial charge is 0.300 e. The normalized spacial score (nSPS) is 12.0. The molecule has 20 heavy (non-hydrogen) atoms. The van der Waals surface area contributed by atoms with E-state index in [9.17, 15) is 0 Å². The van der Waals surface area contributed by atoms with Gasteiger partial charge >= 0.3 is 0 Å². The Balaban J connectivity index is 0. The number of aliphatic carboxylic acids is 1. The minimum Gasteiger partial charge on any atom is -0.481 e. The number of aliphatic hydroxyl groups excluding tert-OH is 1. The van der Waals surface area contributed by atoms with Crippen LogP contribution in [0.3, 0.4) is 0 Å². The van der Waals surface area contributed by atoms with Crippen LogP contribution in [0.2, 0.25) is 0 Å². The molecule has 0 aromatic heterocycles. The van der Waals surface area contributed by atoms with Gasteiger partial charge in [-0.3, -0.25) is 4.79 Å². The predicted molar refractivity (Wildman–Crippen MR) is 85.9 cm³/mol. The van der Waals surface area contributed by atoms with Crippen molar-refractivity contribution in [1.29, 1.82) is 0 Å². The highest BCUT2D eigenvalue weighted by Gasteiger charge is 1.96. The molecular formula is C17H34O3. The van der Waals surface area contributed by atoms with Crippen molar-refractivity contribution in [3.63, 3.8) is 0 Å². The van der Waals surface area contributed by atoms with E-state index < -0.39 is 5.97 Å². The number of carbonyl (C=O) groups is 1. The predicted octanol–water partition coefficient (Wildman–Crippen LogP) is 4.79. The zero-order chi connectivity index (χ0) is 15.6. The highest BCUT2D eigenvalue weighted by Crippen LogP contribution is 2.13. The first-order valence-corrected chi connectivity index (χ1v) is 7.97. The molecular weight excluding hydrogens is 252 g/mol. The lowest BCUT2D eigenvalue weighted by molar-refractivity contribution is -0.134. The number of unbranched alkanes of at least 4 members (excludes halogenated alkanes) is 7. The van der Waals surface area contributed by atoms with E-state index >= 15 is 0 Å². The van der Waals surface area contributed by atoms with Gasteiger partial charge in [-0.05, 0) is 25.7 Å². The van der Waals surface area contributed by atoms with Gasteiger partial charge in [0.2, 0.25) is 0 Å². The van der Waals surface area contributed by atoms with E-state index in [2.05, 4.69) is 26.0 Å². The minimum atomic E-state index is -0.833. The summed E-state index contributed by atoms with van der Waals surface area (Å²) in [5, 5.41) is 16.0. The quantitative estimate of drug-likeness (QED) is 0.424. The van der Waals surface area contributed by atoms with Crippen LogP contribution in [0.4, 0.5) is 0 Å². The molecule has 2 N–H and O–H groups in total. The fraction of sp³-hybridized carbons (Fsp3) is 0.824. The van der Waals surface area contributed by atoms with Crippen LogP contribution >= 0.6 is 0 Å². The summed E-state index contributed by atoms with van der Waals surface area (Å²) in [6, 6.07) is 0. The van der Waals surface area contributed by atoms with Crippen LogP contribution in [0.25, 0.3) is 0 Å². The number of hydrogen-bond donors (Lipinski definition) is 2. The van der Waals surface area contributed by atoms with E-state index in [-0.39, 0.29) is 0 Å². The second-order valence-corrected chi connectivity index (χ2v) is 5.36. The van der Waals surface area contributed by atoms with Gasteiger partial charge in [0.15, 0.2) is 0 Å². The second kappa shape index (κ2) is 18.2. The SMILES string of the molecule is CC(=O)O.CC=CC(C)CCCCCCCCCCO. The van der Waals surface area contributed by atoms with Gasteiger partial charge in [-0.2, -0.15) is 0 Å². The van der Waals surface area contributed by atoms with Crippen molar-refractivity contribution in [1.82, 2.24) is 0 Å².